The van der Waals surface area contributed by atoms with Gasteiger partial charge in [-0.05, 0) is 60.7 Å². The van der Waals surface area contributed by atoms with Crippen molar-refractivity contribution in [1.29, 1.82) is 0 Å². The molecule has 0 saturated carbocycles. The summed E-state index contributed by atoms with van der Waals surface area (Å²) in [6.45, 7) is 0. The van der Waals surface area contributed by atoms with E-state index in [-0.39, 0.29) is 5.91 Å². The predicted molar refractivity (Wildman–Crippen MR) is 103 cm³/mol. The van der Waals surface area contributed by atoms with E-state index < -0.39 is 0 Å². The van der Waals surface area contributed by atoms with Crippen LogP contribution in [0.2, 0.25) is 0 Å². The molecule has 1 aromatic heterocycles. The number of carbonyl (C=O) groups is 1. The molecule has 2 N–H and O–H groups in total. The molecule has 1 heterocycles. The molecule has 1 amide bonds. The molecule has 0 unspecified atom stereocenters. The maximum absolute atomic E-state index is 12.2. The number of hydrogen-bond donors (Lipinski definition) is 2. The smallest absolute Gasteiger partial charge is 0.274 e. The fraction of sp³-hybridized carbons (Fsp3) is 0.0526. The minimum atomic E-state index is -0.252. The van der Waals surface area contributed by atoms with Crippen molar-refractivity contribution in [2.45, 2.75) is 0 Å². The lowest BCUT2D eigenvalue weighted by Crippen LogP contribution is -2.13. The zero-order valence-electron chi connectivity index (χ0n) is 13.5. The maximum Gasteiger partial charge on any atom is 0.274 e. The first-order valence-electron chi connectivity index (χ1n) is 7.58. The number of amides is 1. The molecule has 2 aromatic carbocycles. The molecule has 126 valence electrons. The summed E-state index contributed by atoms with van der Waals surface area (Å²) in [5.41, 5.74) is 2.78. The minimum absolute atomic E-state index is 0.252. The lowest BCUT2D eigenvalue weighted by molar-refractivity contribution is 0.102. The van der Waals surface area contributed by atoms with E-state index in [1.807, 2.05) is 54.6 Å². The van der Waals surface area contributed by atoms with Crippen molar-refractivity contribution in [2.75, 3.05) is 17.7 Å². The standard InChI is InChI=1S/C19H16BrN3O2/c1-25-17-9-6-14(7-10-17)22-16-8-11-18(21-12-16)19(24)23-15-4-2-13(20)3-5-15/h2-12,22H,1H3,(H,23,24). The van der Waals surface area contributed by atoms with Gasteiger partial charge in [0.1, 0.15) is 11.4 Å². The third-order valence-electron chi connectivity index (χ3n) is 3.48. The van der Waals surface area contributed by atoms with Crippen LogP contribution in [0.1, 0.15) is 10.5 Å². The highest BCUT2D eigenvalue weighted by Gasteiger charge is 2.07. The summed E-state index contributed by atoms with van der Waals surface area (Å²) >= 11 is 3.36. The molecule has 6 heteroatoms. The Morgan fingerprint density at radius 1 is 0.920 bits per heavy atom. The summed E-state index contributed by atoms with van der Waals surface area (Å²) in [4.78, 5) is 16.4. The lowest BCUT2D eigenvalue weighted by Gasteiger charge is -2.08. The van der Waals surface area contributed by atoms with Gasteiger partial charge in [0.2, 0.25) is 0 Å². The number of rotatable bonds is 5. The van der Waals surface area contributed by atoms with Crippen molar-refractivity contribution in [1.82, 2.24) is 4.98 Å². The number of nitrogens with one attached hydrogen (secondary N) is 2. The fourth-order valence-corrected chi connectivity index (χ4v) is 2.44. The quantitative estimate of drug-likeness (QED) is 0.645. The van der Waals surface area contributed by atoms with E-state index in [4.69, 9.17) is 4.74 Å². The number of methoxy groups -OCH3 is 1. The van der Waals surface area contributed by atoms with Crippen LogP contribution >= 0.6 is 15.9 Å². The van der Waals surface area contributed by atoms with Crippen molar-refractivity contribution < 1.29 is 9.53 Å². The van der Waals surface area contributed by atoms with Crippen molar-refractivity contribution in [3.05, 3.63) is 77.0 Å². The Morgan fingerprint density at radius 3 is 2.16 bits per heavy atom. The molecule has 0 saturated heterocycles. The fourth-order valence-electron chi connectivity index (χ4n) is 2.17. The first kappa shape index (κ1) is 17.0. The average Bonchev–Trinajstić information content (AvgIpc) is 2.65. The number of nitrogens with zero attached hydrogens (tertiary/aromatic N) is 1. The summed E-state index contributed by atoms with van der Waals surface area (Å²) < 4.78 is 6.09. The summed E-state index contributed by atoms with van der Waals surface area (Å²) in [7, 11) is 1.63. The SMILES string of the molecule is COc1ccc(Nc2ccc(C(=O)Nc3ccc(Br)cc3)nc2)cc1. The number of anilines is 3. The molecule has 3 aromatic rings. The lowest BCUT2D eigenvalue weighted by atomic mass is 10.2. The zero-order valence-corrected chi connectivity index (χ0v) is 15.1. The molecule has 25 heavy (non-hydrogen) atoms. The first-order valence-corrected chi connectivity index (χ1v) is 8.37. The number of pyridine rings is 1. The molecule has 0 aliphatic heterocycles. The van der Waals surface area contributed by atoms with Gasteiger partial charge in [-0.1, -0.05) is 15.9 Å². The van der Waals surface area contributed by atoms with E-state index in [2.05, 4.69) is 31.5 Å². The predicted octanol–water partition coefficient (Wildman–Crippen LogP) is 4.85. The summed E-state index contributed by atoms with van der Waals surface area (Å²) in [5, 5.41) is 6.03. The van der Waals surface area contributed by atoms with Gasteiger partial charge in [0.15, 0.2) is 0 Å². The summed E-state index contributed by atoms with van der Waals surface area (Å²) in [6.07, 6.45) is 1.63. The van der Waals surface area contributed by atoms with Gasteiger partial charge in [-0.15, -0.1) is 0 Å². The van der Waals surface area contributed by atoms with Crippen molar-refractivity contribution >= 4 is 38.9 Å². The largest absolute Gasteiger partial charge is 0.497 e. The highest BCUT2D eigenvalue weighted by Crippen LogP contribution is 2.20. The van der Waals surface area contributed by atoms with Crippen LogP contribution in [0.4, 0.5) is 17.1 Å². The molecule has 0 aliphatic rings. The van der Waals surface area contributed by atoms with Gasteiger partial charge in [-0.3, -0.25) is 4.79 Å². The van der Waals surface area contributed by atoms with Gasteiger partial charge >= 0.3 is 0 Å². The molecule has 0 spiro atoms. The first-order chi connectivity index (χ1) is 12.1. The molecular formula is C19H16BrN3O2. The van der Waals surface area contributed by atoms with Crippen LogP contribution in [-0.4, -0.2) is 18.0 Å². The number of ether oxygens (including phenoxy) is 1. The van der Waals surface area contributed by atoms with E-state index in [9.17, 15) is 4.79 Å². The van der Waals surface area contributed by atoms with Crippen LogP contribution in [0.25, 0.3) is 0 Å². The Bertz CT molecular complexity index is 847. The van der Waals surface area contributed by atoms with Crippen LogP contribution < -0.4 is 15.4 Å². The van der Waals surface area contributed by atoms with Gasteiger partial charge < -0.3 is 15.4 Å². The highest BCUT2D eigenvalue weighted by molar-refractivity contribution is 9.10. The van der Waals surface area contributed by atoms with E-state index >= 15 is 0 Å². The van der Waals surface area contributed by atoms with Gasteiger partial charge in [0, 0.05) is 15.8 Å². The molecular weight excluding hydrogens is 382 g/mol. The van der Waals surface area contributed by atoms with Gasteiger partial charge in [-0.2, -0.15) is 0 Å². The number of aromatic nitrogens is 1. The second kappa shape index (κ2) is 7.81. The molecule has 0 radical (unpaired) electrons. The monoisotopic (exact) mass is 397 g/mol. The number of carbonyl (C=O) groups excluding carboxylic acids is 1. The molecule has 0 atom stereocenters. The number of halogens is 1. The van der Waals surface area contributed by atoms with Gasteiger partial charge in [0.25, 0.3) is 5.91 Å². The molecule has 0 fully saturated rings. The zero-order chi connectivity index (χ0) is 17.6. The van der Waals surface area contributed by atoms with Crippen LogP contribution in [0.15, 0.2) is 71.3 Å². The Kier molecular flexibility index (Phi) is 5.30. The Hall–Kier alpha value is -2.86. The number of benzene rings is 2. The van der Waals surface area contributed by atoms with Crippen LogP contribution in [-0.2, 0) is 0 Å². The van der Waals surface area contributed by atoms with E-state index in [1.54, 1.807) is 19.4 Å². The van der Waals surface area contributed by atoms with Crippen LogP contribution in [0, 0.1) is 0 Å². The highest BCUT2D eigenvalue weighted by atomic mass is 79.9. The molecule has 5 nitrogen and oxygen atoms in total. The molecule has 0 aliphatic carbocycles. The van der Waals surface area contributed by atoms with Gasteiger partial charge in [-0.25, -0.2) is 4.98 Å². The maximum atomic E-state index is 12.2. The van der Waals surface area contributed by atoms with E-state index in [0.717, 1.165) is 27.3 Å². The molecule has 0 bridgehead atoms. The topological polar surface area (TPSA) is 63.2 Å². The Balaban J connectivity index is 1.64. The third kappa shape index (κ3) is 4.58. The molecule has 3 rings (SSSR count). The Morgan fingerprint density at radius 2 is 1.56 bits per heavy atom. The second-order valence-electron chi connectivity index (χ2n) is 5.25. The average molecular weight is 398 g/mol. The Labute approximate surface area is 154 Å². The van der Waals surface area contributed by atoms with Crippen molar-refractivity contribution in [3.8, 4) is 5.75 Å². The van der Waals surface area contributed by atoms with Crippen molar-refractivity contribution in [2.24, 2.45) is 0 Å². The number of hydrogen-bond acceptors (Lipinski definition) is 4. The van der Waals surface area contributed by atoms with E-state index in [0.29, 0.717) is 5.69 Å². The van der Waals surface area contributed by atoms with Gasteiger partial charge in [0.05, 0.1) is 19.0 Å². The van der Waals surface area contributed by atoms with Crippen LogP contribution in [0.5, 0.6) is 5.75 Å². The third-order valence-corrected chi connectivity index (χ3v) is 4.01. The normalized spacial score (nSPS) is 10.2. The summed E-state index contributed by atoms with van der Waals surface area (Å²) in [6, 6.07) is 18.4. The second-order valence-corrected chi connectivity index (χ2v) is 6.16. The van der Waals surface area contributed by atoms with Crippen LogP contribution in [0.3, 0.4) is 0 Å². The van der Waals surface area contributed by atoms with Crippen molar-refractivity contribution in [3.63, 3.8) is 0 Å². The summed E-state index contributed by atoms with van der Waals surface area (Å²) in [5.74, 6) is 0.543. The minimum Gasteiger partial charge on any atom is -0.497 e. The van der Waals surface area contributed by atoms with E-state index in [1.165, 1.54) is 0 Å².